The van der Waals surface area contributed by atoms with E-state index in [1.165, 1.54) is 5.56 Å². The third kappa shape index (κ3) is 4.58. The minimum absolute atomic E-state index is 0.371. The van der Waals surface area contributed by atoms with E-state index in [1.807, 2.05) is 0 Å². The van der Waals surface area contributed by atoms with Crippen LogP contribution >= 0.6 is 11.3 Å². The molecule has 0 bridgehead atoms. The molecule has 1 saturated heterocycles. The molecule has 1 aliphatic heterocycles. The van der Waals surface area contributed by atoms with Crippen LogP contribution in [0.1, 0.15) is 44.2 Å². The number of hydrogen-bond donors (Lipinski definition) is 1. The molecule has 1 fully saturated rings. The lowest BCUT2D eigenvalue weighted by Gasteiger charge is -2.25. The predicted octanol–water partition coefficient (Wildman–Crippen LogP) is 3.00. The van der Waals surface area contributed by atoms with Crippen molar-refractivity contribution >= 4 is 21.2 Å². The first-order valence-electron chi connectivity index (χ1n) is 7.06. The highest BCUT2D eigenvalue weighted by molar-refractivity contribution is 7.91. The van der Waals surface area contributed by atoms with Crippen LogP contribution in [0.15, 0.2) is 16.8 Å². The molecule has 0 radical (unpaired) electrons. The molecule has 1 aromatic heterocycles. The third-order valence-electron chi connectivity index (χ3n) is 3.85. The van der Waals surface area contributed by atoms with Crippen LogP contribution in [0.25, 0.3) is 0 Å². The van der Waals surface area contributed by atoms with E-state index >= 15 is 0 Å². The van der Waals surface area contributed by atoms with Crippen LogP contribution in [0.2, 0.25) is 0 Å². The highest BCUT2D eigenvalue weighted by Gasteiger charge is 2.24. The van der Waals surface area contributed by atoms with E-state index < -0.39 is 9.84 Å². The fraction of sp³-hybridized carbons (Fsp3) is 0.714. The molecule has 2 heterocycles. The molecule has 108 valence electrons. The zero-order valence-electron chi connectivity index (χ0n) is 11.5. The van der Waals surface area contributed by atoms with Gasteiger partial charge in [-0.15, -0.1) is 0 Å². The fourth-order valence-electron chi connectivity index (χ4n) is 2.60. The Morgan fingerprint density at radius 2 is 2.16 bits per heavy atom. The Balaban J connectivity index is 1.83. The van der Waals surface area contributed by atoms with Crippen molar-refractivity contribution in [1.29, 1.82) is 0 Å². The number of hydrogen-bond acceptors (Lipinski definition) is 4. The first-order valence-corrected chi connectivity index (χ1v) is 9.83. The largest absolute Gasteiger partial charge is 0.310 e. The summed E-state index contributed by atoms with van der Waals surface area (Å²) < 4.78 is 22.8. The maximum atomic E-state index is 11.4. The summed E-state index contributed by atoms with van der Waals surface area (Å²) in [7, 11) is -2.73. The van der Waals surface area contributed by atoms with Gasteiger partial charge < -0.3 is 5.32 Å². The van der Waals surface area contributed by atoms with Gasteiger partial charge >= 0.3 is 0 Å². The summed E-state index contributed by atoms with van der Waals surface area (Å²) in [5, 5.41) is 7.96. The molecular formula is C14H23NO2S2. The first kappa shape index (κ1) is 15.0. The molecule has 1 aromatic rings. The van der Waals surface area contributed by atoms with Gasteiger partial charge in [0.2, 0.25) is 0 Å². The Kier molecular flexibility index (Phi) is 5.42. The molecule has 1 N–H and O–H groups in total. The van der Waals surface area contributed by atoms with Gasteiger partial charge in [0, 0.05) is 6.04 Å². The van der Waals surface area contributed by atoms with E-state index in [1.54, 1.807) is 11.3 Å². The van der Waals surface area contributed by atoms with E-state index in [2.05, 4.69) is 29.1 Å². The molecule has 0 aliphatic carbocycles. The highest BCUT2D eigenvalue weighted by atomic mass is 32.2. The Bertz CT molecular complexity index is 454. The van der Waals surface area contributed by atoms with Gasteiger partial charge in [0.1, 0.15) is 9.84 Å². The zero-order chi connectivity index (χ0) is 13.7. The monoisotopic (exact) mass is 301 g/mol. The van der Waals surface area contributed by atoms with E-state index in [9.17, 15) is 8.42 Å². The number of thiophene rings is 1. The lowest BCUT2D eigenvalue weighted by Crippen LogP contribution is -2.32. The Morgan fingerprint density at radius 1 is 1.42 bits per heavy atom. The second kappa shape index (κ2) is 6.86. The van der Waals surface area contributed by atoms with Crippen molar-refractivity contribution in [2.45, 2.75) is 38.6 Å². The van der Waals surface area contributed by atoms with Crippen LogP contribution in [-0.4, -0.2) is 26.5 Å². The Labute approximate surface area is 120 Å². The molecule has 1 aliphatic rings. The van der Waals surface area contributed by atoms with Crippen molar-refractivity contribution in [2.75, 3.05) is 18.1 Å². The van der Waals surface area contributed by atoms with Crippen molar-refractivity contribution < 1.29 is 8.42 Å². The number of nitrogens with one attached hydrogen (secondary N) is 1. The van der Waals surface area contributed by atoms with Gasteiger partial charge in [-0.1, -0.05) is 13.3 Å². The summed E-state index contributed by atoms with van der Waals surface area (Å²) in [5.74, 6) is 1.26. The van der Waals surface area contributed by atoms with Gasteiger partial charge in [0.15, 0.2) is 0 Å². The van der Waals surface area contributed by atoms with Crippen molar-refractivity contribution in [2.24, 2.45) is 5.92 Å². The van der Waals surface area contributed by atoms with Crippen LogP contribution in [0.4, 0.5) is 0 Å². The van der Waals surface area contributed by atoms with E-state index in [-0.39, 0.29) is 0 Å². The molecule has 3 nitrogen and oxygen atoms in total. The number of sulfone groups is 1. The molecule has 19 heavy (non-hydrogen) atoms. The van der Waals surface area contributed by atoms with Crippen LogP contribution in [0, 0.1) is 5.92 Å². The summed E-state index contributed by atoms with van der Waals surface area (Å²) in [6.45, 7) is 3.14. The standard InChI is InChI=1S/C14H23NO2S2/c1-2-3-14(13-4-7-18-11-13)15-10-12-5-8-19(16,17)9-6-12/h4,7,11-12,14-15H,2-3,5-6,8-10H2,1H3. The summed E-state index contributed by atoms with van der Waals surface area (Å²) in [4.78, 5) is 0. The Hall–Kier alpha value is -0.390. The smallest absolute Gasteiger partial charge is 0.150 e. The van der Waals surface area contributed by atoms with Gasteiger partial charge in [0.05, 0.1) is 11.5 Å². The second-order valence-corrected chi connectivity index (χ2v) is 8.49. The Morgan fingerprint density at radius 3 is 2.74 bits per heavy atom. The fourth-order valence-corrected chi connectivity index (χ4v) is 4.90. The van der Waals surface area contributed by atoms with Gasteiger partial charge in [-0.25, -0.2) is 8.42 Å². The maximum Gasteiger partial charge on any atom is 0.150 e. The second-order valence-electron chi connectivity index (χ2n) is 5.40. The summed E-state index contributed by atoms with van der Waals surface area (Å²) >= 11 is 1.74. The van der Waals surface area contributed by atoms with E-state index in [0.29, 0.717) is 23.5 Å². The third-order valence-corrected chi connectivity index (χ3v) is 6.27. The van der Waals surface area contributed by atoms with Crippen LogP contribution in [0.5, 0.6) is 0 Å². The average Bonchev–Trinajstić information content (AvgIpc) is 2.89. The molecule has 5 heteroatoms. The van der Waals surface area contributed by atoms with Gasteiger partial charge in [-0.3, -0.25) is 0 Å². The van der Waals surface area contributed by atoms with Crippen LogP contribution in [0.3, 0.4) is 0 Å². The quantitative estimate of drug-likeness (QED) is 0.878. The molecule has 0 aromatic carbocycles. The van der Waals surface area contributed by atoms with Crippen molar-refractivity contribution in [3.63, 3.8) is 0 Å². The van der Waals surface area contributed by atoms with E-state index in [4.69, 9.17) is 0 Å². The molecule has 0 saturated carbocycles. The molecule has 1 atom stereocenters. The van der Waals surface area contributed by atoms with Crippen molar-refractivity contribution in [3.05, 3.63) is 22.4 Å². The maximum absolute atomic E-state index is 11.4. The first-order chi connectivity index (χ1) is 9.11. The lowest BCUT2D eigenvalue weighted by molar-refractivity contribution is 0.390. The van der Waals surface area contributed by atoms with Gasteiger partial charge in [-0.05, 0) is 54.1 Å². The highest BCUT2D eigenvalue weighted by Crippen LogP contribution is 2.23. The molecule has 1 unspecified atom stereocenters. The minimum atomic E-state index is -2.73. The average molecular weight is 301 g/mol. The molecule has 0 spiro atoms. The number of rotatable bonds is 6. The summed E-state index contributed by atoms with van der Waals surface area (Å²) in [5.41, 5.74) is 1.37. The summed E-state index contributed by atoms with van der Waals surface area (Å²) in [6, 6.07) is 2.61. The van der Waals surface area contributed by atoms with Crippen molar-refractivity contribution in [3.8, 4) is 0 Å². The van der Waals surface area contributed by atoms with Gasteiger partial charge in [0.25, 0.3) is 0 Å². The SMILES string of the molecule is CCCC(NCC1CCS(=O)(=O)CC1)c1ccsc1. The van der Waals surface area contributed by atoms with Crippen LogP contribution < -0.4 is 5.32 Å². The van der Waals surface area contributed by atoms with E-state index in [0.717, 1.165) is 32.2 Å². The topological polar surface area (TPSA) is 46.2 Å². The zero-order valence-corrected chi connectivity index (χ0v) is 13.1. The summed E-state index contributed by atoms with van der Waals surface area (Å²) in [6.07, 6.45) is 3.93. The molecule has 2 rings (SSSR count). The predicted molar refractivity (Wildman–Crippen MR) is 81.3 cm³/mol. The minimum Gasteiger partial charge on any atom is -0.310 e. The normalized spacial score (nSPS) is 21.3. The van der Waals surface area contributed by atoms with Crippen molar-refractivity contribution in [1.82, 2.24) is 5.32 Å². The molecular weight excluding hydrogens is 278 g/mol. The lowest BCUT2D eigenvalue weighted by atomic mass is 10.0. The van der Waals surface area contributed by atoms with Crippen LogP contribution in [-0.2, 0) is 9.84 Å². The van der Waals surface area contributed by atoms with Gasteiger partial charge in [-0.2, -0.15) is 11.3 Å². The molecule has 0 amide bonds.